The SMILES string of the molecule is [CH2][C@@H](CC)Oc1ccccc1. The van der Waals surface area contributed by atoms with Crippen LogP contribution in [0.15, 0.2) is 30.3 Å². The Morgan fingerprint density at radius 1 is 1.36 bits per heavy atom. The van der Waals surface area contributed by atoms with Crippen LogP contribution in [0, 0.1) is 6.92 Å². The average Bonchev–Trinajstić information content (AvgIpc) is 2.06. The maximum Gasteiger partial charge on any atom is 0.119 e. The Kier molecular flexibility index (Phi) is 2.96. The molecule has 0 aliphatic heterocycles. The van der Waals surface area contributed by atoms with Crippen molar-refractivity contribution in [2.24, 2.45) is 0 Å². The highest BCUT2D eigenvalue weighted by atomic mass is 16.5. The predicted molar refractivity (Wildman–Crippen MR) is 46.5 cm³/mol. The molecule has 1 radical (unpaired) electrons. The highest BCUT2D eigenvalue weighted by molar-refractivity contribution is 5.21. The highest BCUT2D eigenvalue weighted by Crippen LogP contribution is 2.11. The smallest absolute Gasteiger partial charge is 0.119 e. The summed E-state index contributed by atoms with van der Waals surface area (Å²) >= 11 is 0. The molecule has 0 bridgehead atoms. The molecule has 0 amide bonds. The van der Waals surface area contributed by atoms with Crippen molar-refractivity contribution in [2.75, 3.05) is 0 Å². The Morgan fingerprint density at radius 3 is 2.55 bits per heavy atom. The number of hydrogen-bond donors (Lipinski definition) is 0. The van der Waals surface area contributed by atoms with Gasteiger partial charge >= 0.3 is 0 Å². The molecule has 0 spiro atoms. The van der Waals surface area contributed by atoms with Crippen LogP contribution in [0.4, 0.5) is 0 Å². The van der Waals surface area contributed by atoms with Crippen LogP contribution in [0.25, 0.3) is 0 Å². The average molecular weight is 149 g/mol. The largest absolute Gasteiger partial charge is 0.490 e. The lowest BCUT2D eigenvalue weighted by atomic mass is 10.3. The summed E-state index contributed by atoms with van der Waals surface area (Å²) in [7, 11) is 0. The van der Waals surface area contributed by atoms with Gasteiger partial charge in [-0.25, -0.2) is 0 Å². The van der Waals surface area contributed by atoms with E-state index < -0.39 is 0 Å². The number of para-hydroxylation sites is 1. The lowest BCUT2D eigenvalue weighted by Gasteiger charge is -2.11. The maximum absolute atomic E-state index is 5.45. The predicted octanol–water partition coefficient (Wildman–Crippen LogP) is 2.68. The summed E-state index contributed by atoms with van der Waals surface area (Å²) in [6, 6.07) is 9.76. The molecule has 0 fully saturated rings. The van der Waals surface area contributed by atoms with E-state index >= 15 is 0 Å². The van der Waals surface area contributed by atoms with Crippen LogP contribution in [-0.4, -0.2) is 6.10 Å². The van der Waals surface area contributed by atoms with Crippen molar-refractivity contribution in [1.29, 1.82) is 0 Å². The first-order chi connectivity index (χ1) is 5.33. The second-order valence-electron chi connectivity index (χ2n) is 2.46. The minimum atomic E-state index is 0.0670. The molecular weight excluding hydrogens is 136 g/mol. The van der Waals surface area contributed by atoms with Gasteiger partial charge in [0.15, 0.2) is 0 Å². The standard InChI is InChI=1S/C10H13O/c1-3-9(2)11-10-7-5-4-6-8-10/h4-9H,2-3H2,1H3/t9-/m0/s1. The molecule has 1 nitrogen and oxygen atoms in total. The quantitative estimate of drug-likeness (QED) is 0.642. The minimum absolute atomic E-state index is 0.0670. The van der Waals surface area contributed by atoms with E-state index in [1.807, 2.05) is 30.3 Å². The van der Waals surface area contributed by atoms with Crippen LogP contribution in [-0.2, 0) is 0 Å². The molecule has 1 aromatic carbocycles. The summed E-state index contributed by atoms with van der Waals surface area (Å²) < 4.78 is 5.45. The Balaban J connectivity index is 2.51. The highest BCUT2D eigenvalue weighted by Gasteiger charge is 1.98. The summed E-state index contributed by atoms with van der Waals surface area (Å²) in [4.78, 5) is 0. The van der Waals surface area contributed by atoms with Gasteiger partial charge in [-0.05, 0) is 25.5 Å². The molecule has 0 aliphatic carbocycles. The fourth-order valence-electron chi connectivity index (χ4n) is 0.775. The topological polar surface area (TPSA) is 9.23 Å². The first-order valence-corrected chi connectivity index (χ1v) is 3.87. The van der Waals surface area contributed by atoms with E-state index in [2.05, 4.69) is 13.8 Å². The van der Waals surface area contributed by atoms with Crippen LogP contribution < -0.4 is 4.74 Å². The third kappa shape index (κ3) is 2.62. The molecule has 1 atom stereocenters. The maximum atomic E-state index is 5.45. The van der Waals surface area contributed by atoms with Crippen molar-refractivity contribution >= 4 is 0 Å². The molecule has 0 unspecified atom stereocenters. The Bertz CT molecular complexity index is 193. The van der Waals surface area contributed by atoms with E-state index in [9.17, 15) is 0 Å². The van der Waals surface area contributed by atoms with Crippen LogP contribution in [0.2, 0.25) is 0 Å². The van der Waals surface area contributed by atoms with Gasteiger partial charge in [-0.2, -0.15) is 0 Å². The molecule has 11 heavy (non-hydrogen) atoms. The lowest BCUT2D eigenvalue weighted by molar-refractivity contribution is 0.242. The van der Waals surface area contributed by atoms with E-state index in [1.165, 1.54) is 0 Å². The van der Waals surface area contributed by atoms with E-state index in [0.717, 1.165) is 12.2 Å². The molecule has 0 N–H and O–H groups in total. The minimum Gasteiger partial charge on any atom is -0.490 e. The van der Waals surface area contributed by atoms with Gasteiger partial charge in [-0.15, -0.1) is 0 Å². The van der Waals surface area contributed by atoms with Gasteiger partial charge < -0.3 is 4.74 Å². The van der Waals surface area contributed by atoms with Crippen LogP contribution in [0.5, 0.6) is 5.75 Å². The van der Waals surface area contributed by atoms with Crippen LogP contribution >= 0.6 is 0 Å². The molecular formula is C10H13O. The van der Waals surface area contributed by atoms with Gasteiger partial charge in [0, 0.05) is 0 Å². The fourth-order valence-corrected chi connectivity index (χ4v) is 0.775. The lowest BCUT2D eigenvalue weighted by Crippen LogP contribution is -2.09. The molecule has 1 rings (SSSR count). The van der Waals surface area contributed by atoms with Crippen molar-refractivity contribution < 1.29 is 4.74 Å². The molecule has 0 aliphatic rings. The monoisotopic (exact) mass is 149 g/mol. The van der Waals surface area contributed by atoms with Gasteiger partial charge in [0.1, 0.15) is 5.75 Å². The summed E-state index contributed by atoms with van der Waals surface area (Å²) in [6.45, 7) is 5.89. The van der Waals surface area contributed by atoms with Gasteiger partial charge in [-0.3, -0.25) is 0 Å². The van der Waals surface area contributed by atoms with Crippen molar-refractivity contribution in [3.05, 3.63) is 37.3 Å². The molecule has 0 aromatic heterocycles. The van der Waals surface area contributed by atoms with Gasteiger partial charge in [0.25, 0.3) is 0 Å². The fraction of sp³-hybridized carbons (Fsp3) is 0.300. The van der Waals surface area contributed by atoms with Gasteiger partial charge in [-0.1, -0.05) is 25.1 Å². The third-order valence-electron chi connectivity index (χ3n) is 1.50. The van der Waals surface area contributed by atoms with Crippen LogP contribution in [0.1, 0.15) is 13.3 Å². The number of benzene rings is 1. The Morgan fingerprint density at radius 2 is 2.00 bits per heavy atom. The molecule has 0 saturated carbocycles. The summed E-state index contributed by atoms with van der Waals surface area (Å²) in [5, 5.41) is 0. The number of rotatable bonds is 3. The van der Waals surface area contributed by atoms with Gasteiger partial charge in [0.05, 0.1) is 6.10 Å². The van der Waals surface area contributed by atoms with E-state index in [1.54, 1.807) is 0 Å². The second kappa shape index (κ2) is 4.02. The number of ether oxygens (including phenoxy) is 1. The zero-order chi connectivity index (χ0) is 8.10. The first kappa shape index (κ1) is 8.12. The summed E-state index contributed by atoms with van der Waals surface area (Å²) in [6.07, 6.45) is 1.01. The van der Waals surface area contributed by atoms with E-state index in [0.29, 0.717) is 0 Å². The summed E-state index contributed by atoms with van der Waals surface area (Å²) in [5.74, 6) is 0.898. The number of hydrogen-bond acceptors (Lipinski definition) is 1. The Hall–Kier alpha value is -0.980. The van der Waals surface area contributed by atoms with Crippen molar-refractivity contribution in [2.45, 2.75) is 19.4 Å². The summed E-state index contributed by atoms with van der Waals surface area (Å²) in [5.41, 5.74) is 0. The van der Waals surface area contributed by atoms with Gasteiger partial charge in [0.2, 0.25) is 0 Å². The molecule has 1 aromatic rings. The van der Waals surface area contributed by atoms with E-state index in [-0.39, 0.29) is 6.10 Å². The van der Waals surface area contributed by atoms with E-state index in [4.69, 9.17) is 4.74 Å². The van der Waals surface area contributed by atoms with Crippen molar-refractivity contribution in [3.63, 3.8) is 0 Å². The molecule has 1 heteroatoms. The van der Waals surface area contributed by atoms with Crippen molar-refractivity contribution in [1.82, 2.24) is 0 Å². The molecule has 59 valence electrons. The zero-order valence-electron chi connectivity index (χ0n) is 6.79. The molecule has 0 saturated heterocycles. The van der Waals surface area contributed by atoms with Crippen LogP contribution in [0.3, 0.4) is 0 Å². The Labute approximate surface area is 68.0 Å². The normalized spacial score (nSPS) is 12.5. The third-order valence-corrected chi connectivity index (χ3v) is 1.50. The molecule has 0 heterocycles. The first-order valence-electron chi connectivity index (χ1n) is 3.87. The van der Waals surface area contributed by atoms with Crippen molar-refractivity contribution in [3.8, 4) is 5.75 Å². The zero-order valence-corrected chi connectivity index (χ0v) is 6.79. The second-order valence-corrected chi connectivity index (χ2v) is 2.46.